The molecule has 9 heteroatoms. The first kappa shape index (κ1) is 16.5. The SMILES string of the molecule is Cc1cc(C(=O)NC[C@H]2CCc3nc(C(F)(F)F)cn3C2)n(C)n1. The van der Waals surface area contributed by atoms with E-state index in [4.69, 9.17) is 0 Å². The van der Waals surface area contributed by atoms with Gasteiger partial charge in [0.15, 0.2) is 5.69 Å². The van der Waals surface area contributed by atoms with E-state index in [1.54, 1.807) is 20.0 Å². The number of fused-ring (bicyclic) bond motifs is 1. The highest BCUT2D eigenvalue weighted by Gasteiger charge is 2.35. The van der Waals surface area contributed by atoms with Crippen LogP contribution >= 0.6 is 0 Å². The monoisotopic (exact) mass is 341 g/mol. The number of aryl methyl sites for hydroxylation is 3. The molecule has 2 aromatic heterocycles. The first-order valence-electron chi connectivity index (χ1n) is 7.66. The van der Waals surface area contributed by atoms with Gasteiger partial charge in [0.25, 0.3) is 5.91 Å². The van der Waals surface area contributed by atoms with Crippen LogP contribution in [0.3, 0.4) is 0 Å². The van der Waals surface area contributed by atoms with Gasteiger partial charge in [0.1, 0.15) is 11.5 Å². The van der Waals surface area contributed by atoms with Gasteiger partial charge in [-0.1, -0.05) is 0 Å². The second kappa shape index (κ2) is 5.95. The maximum atomic E-state index is 12.7. The average Bonchev–Trinajstić information content (AvgIpc) is 3.06. The van der Waals surface area contributed by atoms with Crippen molar-refractivity contribution in [1.29, 1.82) is 0 Å². The molecule has 3 heterocycles. The van der Waals surface area contributed by atoms with E-state index in [-0.39, 0.29) is 11.8 Å². The summed E-state index contributed by atoms with van der Waals surface area (Å²) in [6.45, 7) is 2.63. The Kier molecular flexibility index (Phi) is 4.10. The minimum absolute atomic E-state index is 0.0751. The van der Waals surface area contributed by atoms with Crippen LogP contribution in [0.2, 0.25) is 0 Å². The Morgan fingerprint density at radius 3 is 2.83 bits per heavy atom. The standard InChI is InChI=1S/C15H18F3N5O/c1-9-5-11(22(2)21-9)14(24)19-6-10-3-4-13-20-12(15(16,17)18)8-23(13)7-10/h5,8,10H,3-4,6-7H2,1-2H3,(H,19,24)/t10-/m1/s1. The van der Waals surface area contributed by atoms with Gasteiger partial charge in [0.2, 0.25) is 0 Å². The van der Waals surface area contributed by atoms with Crippen LogP contribution in [0.4, 0.5) is 13.2 Å². The summed E-state index contributed by atoms with van der Waals surface area (Å²) in [5, 5.41) is 6.95. The Morgan fingerprint density at radius 2 is 2.21 bits per heavy atom. The van der Waals surface area contributed by atoms with E-state index in [2.05, 4.69) is 15.4 Å². The van der Waals surface area contributed by atoms with Crippen molar-refractivity contribution >= 4 is 5.91 Å². The lowest BCUT2D eigenvalue weighted by molar-refractivity contribution is -0.141. The van der Waals surface area contributed by atoms with Gasteiger partial charge in [-0.05, 0) is 25.3 Å². The zero-order valence-electron chi connectivity index (χ0n) is 13.4. The third-order valence-electron chi connectivity index (χ3n) is 4.17. The quantitative estimate of drug-likeness (QED) is 0.928. The maximum Gasteiger partial charge on any atom is 0.434 e. The number of alkyl halides is 3. The van der Waals surface area contributed by atoms with Crippen LogP contribution in [0.15, 0.2) is 12.3 Å². The summed E-state index contributed by atoms with van der Waals surface area (Å²) in [6.07, 6.45) is -2.21. The van der Waals surface area contributed by atoms with E-state index in [9.17, 15) is 18.0 Å². The molecule has 0 spiro atoms. The second-order valence-corrected chi connectivity index (χ2v) is 6.10. The molecule has 0 fully saturated rings. The molecule has 0 aromatic carbocycles. The molecule has 0 bridgehead atoms. The molecule has 6 nitrogen and oxygen atoms in total. The number of carbonyl (C=O) groups is 1. The van der Waals surface area contributed by atoms with E-state index in [0.29, 0.717) is 37.4 Å². The Hall–Kier alpha value is -2.32. The second-order valence-electron chi connectivity index (χ2n) is 6.10. The maximum absolute atomic E-state index is 12.7. The molecule has 1 amide bonds. The molecule has 1 aliphatic heterocycles. The lowest BCUT2D eigenvalue weighted by Gasteiger charge is -2.23. The molecule has 0 unspecified atom stereocenters. The molecule has 3 rings (SSSR count). The van der Waals surface area contributed by atoms with Crippen molar-refractivity contribution in [2.45, 2.75) is 32.5 Å². The number of rotatable bonds is 3. The smallest absolute Gasteiger partial charge is 0.350 e. The minimum Gasteiger partial charge on any atom is -0.350 e. The van der Waals surface area contributed by atoms with E-state index in [1.165, 1.54) is 9.25 Å². The topological polar surface area (TPSA) is 64.7 Å². The number of amides is 1. The van der Waals surface area contributed by atoms with Crippen molar-refractivity contribution in [2.75, 3.05) is 6.54 Å². The molecule has 0 saturated heterocycles. The zero-order valence-corrected chi connectivity index (χ0v) is 13.4. The summed E-state index contributed by atoms with van der Waals surface area (Å²) in [5.41, 5.74) is 0.363. The van der Waals surface area contributed by atoms with Crippen molar-refractivity contribution in [3.8, 4) is 0 Å². The van der Waals surface area contributed by atoms with Gasteiger partial charge in [-0.2, -0.15) is 18.3 Å². The predicted molar refractivity (Wildman–Crippen MR) is 79.3 cm³/mol. The number of aromatic nitrogens is 4. The largest absolute Gasteiger partial charge is 0.434 e. The number of nitrogens with zero attached hydrogens (tertiary/aromatic N) is 4. The summed E-state index contributed by atoms with van der Waals surface area (Å²) in [4.78, 5) is 15.8. The van der Waals surface area contributed by atoms with Crippen LogP contribution in [-0.2, 0) is 26.2 Å². The van der Waals surface area contributed by atoms with Crippen LogP contribution in [0.1, 0.15) is 34.1 Å². The van der Waals surface area contributed by atoms with Gasteiger partial charge in [0.05, 0.1) is 5.69 Å². The fourth-order valence-electron chi connectivity index (χ4n) is 2.97. The highest BCUT2D eigenvalue weighted by molar-refractivity contribution is 5.92. The Balaban J connectivity index is 1.61. The van der Waals surface area contributed by atoms with Crippen molar-refractivity contribution in [3.05, 3.63) is 35.2 Å². The first-order valence-corrected chi connectivity index (χ1v) is 7.66. The van der Waals surface area contributed by atoms with Crippen molar-refractivity contribution in [1.82, 2.24) is 24.6 Å². The fraction of sp³-hybridized carbons (Fsp3) is 0.533. The molecule has 1 atom stereocenters. The molecule has 24 heavy (non-hydrogen) atoms. The normalized spacial score (nSPS) is 17.6. The summed E-state index contributed by atoms with van der Waals surface area (Å²) >= 11 is 0. The molecule has 1 N–H and O–H groups in total. The zero-order chi connectivity index (χ0) is 17.5. The van der Waals surface area contributed by atoms with Gasteiger partial charge in [0, 0.05) is 32.8 Å². The summed E-state index contributed by atoms with van der Waals surface area (Å²) in [6, 6.07) is 1.69. The van der Waals surface area contributed by atoms with Gasteiger partial charge >= 0.3 is 6.18 Å². The van der Waals surface area contributed by atoms with E-state index in [1.807, 2.05) is 0 Å². The number of hydrogen-bond donors (Lipinski definition) is 1. The fourth-order valence-corrected chi connectivity index (χ4v) is 2.97. The van der Waals surface area contributed by atoms with E-state index in [0.717, 1.165) is 11.9 Å². The molecule has 130 valence electrons. The van der Waals surface area contributed by atoms with Crippen LogP contribution in [0.5, 0.6) is 0 Å². The Morgan fingerprint density at radius 1 is 1.46 bits per heavy atom. The number of halogens is 3. The average molecular weight is 341 g/mol. The Labute approximate surface area is 136 Å². The number of carbonyl (C=O) groups excluding carboxylic acids is 1. The van der Waals surface area contributed by atoms with Crippen LogP contribution in [0.25, 0.3) is 0 Å². The molecule has 2 aromatic rings. The van der Waals surface area contributed by atoms with Crippen molar-refractivity contribution < 1.29 is 18.0 Å². The van der Waals surface area contributed by atoms with Crippen LogP contribution < -0.4 is 5.32 Å². The summed E-state index contributed by atoms with van der Waals surface area (Å²) in [7, 11) is 1.69. The number of nitrogens with one attached hydrogen (secondary N) is 1. The molecular weight excluding hydrogens is 323 g/mol. The van der Waals surface area contributed by atoms with Gasteiger partial charge in [-0.15, -0.1) is 0 Å². The molecule has 0 aliphatic carbocycles. The third-order valence-corrected chi connectivity index (χ3v) is 4.17. The highest BCUT2D eigenvalue weighted by Crippen LogP contribution is 2.30. The first-order chi connectivity index (χ1) is 11.2. The lowest BCUT2D eigenvalue weighted by Crippen LogP contribution is -2.34. The minimum atomic E-state index is -4.43. The van der Waals surface area contributed by atoms with Gasteiger partial charge < -0.3 is 9.88 Å². The van der Waals surface area contributed by atoms with Gasteiger partial charge in [-0.25, -0.2) is 4.98 Å². The van der Waals surface area contributed by atoms with Crippen molar-refractivity contribution in [2.24, 2.45) is 13.0 Å². The van der Waals surface area contributed by atoms with E-state index >= 15 is 0 Å². The molecule has 0 saturated carbocycles. The summed E-state index contributed by atoms with van der Waals surface area (Å²) in [5.74, 6) is 0.295. The highest BCUT2D eigenvalue weighted by atomic mass is 19.4. The predicted octanol–water partition coefficient (Wildman–Crippen LogP) is 1.94. The molecule has 1 aliphatic rings. The third kappa shape index (κ3) is 3.29. The van der Waals surface area contributed by atoms with E-state index < -0.39 is 11.9 Å². The number of hydrogen-bond acceptors (Lipinski definition) is 3. The molecular formula is C15H18F3N5O. The number of imidazole rings is 1. The lowest BCUT2D eigenvalue weighted by atomic mass is 9.99. The Bertz CT molecular complexity index is 762. The summed E-state index contributed by atoms with van der Waals surface area (Å²) < 4.78 is 41.2. The van der Waals surface area contributed by atoms with Gasteiger partial charge in [-0.3, -0.25) is 9.48 Å². The van der Waals surface area contributed by atoms with Crippen LogP contribution in [-0.4, -0.2) is 31.8 Å². The van der Waals surface area contributed by atoms with Crippen LogP contribution in [0, 0.1) is 12.8 Å². The van der Waals surface area contributed by atoms with Crippen molar-refractivity contribution in [3.63, 3.8) is 0 Å². The molecule has 0 radical (unpaired) electrons.